The lowest BCUT2D eigenvalue weighted by Gasteiger charge is -2.39. The smallest absolute Gasteiger partial charge is 0.245 e. The highest BCUT2D eigenvalue weighted by Gasteiger charge is 2.30. The molecule has 1 unspecified atom stereocenters. The van der Waals surface area contributed by atoms with Gasteiger partial charge in [0.1, 0.15) is 0 Å². The number of carbonyl (C=O) groups excluding carboxylic acids is 1. The van der Waals surface area contributed by atoms with E-state index in [1.807, 2.05) is 4.90 Å². The van der Waals surface area contributed by atoms with Gasteiger partial charge >= 0.3 is 0 Å². The van der Waals surface area contributed by atoms with E-state index in [-0.39, 0.29) is 5.91 Å². The van der Waals surface area contributed by atoms with Gasteiger partial charge in [-0.3, -0.25) is 4.79 Å². The predicted molar refractivity (Wildman–Crippen MR) is 59.0 cm³/mol. The van der Waals surface area contributed by atoms with Crippen molar-refractivity contribution >= 4 is 5.91 Å². The van der Waals surface area contributed by atoms with E-state index in [1.165, 1.54) is 12.5 Å². The van der Waals surface area contributed by atoms with Gasteiger partial charge in [-0.15, -0.1) is 0 Å². The Hall–Kier alpha value is -0.790. The first-order valence-corrected chi connectivity index (χ1v) is 5.36. The maximum atomic E-state index is 11.4. The van der Waals surface area contributed by atoms with Crippen molar-refractivity contribution in [1.82, 2.24) is 4.90 Å². The van der Waals surface area contributed by atoms with Crippen LogP contribution in [-0.4, -0.2) is 23.9 Å². The van der Waals surface area contributed by atoms with E-state index in [0.29, 0.717) is 11.3 Å². The number of amides is 1. The number of nitrogens with zero attached hydrogens (tertiary/aromatic N) is 1. The Morgan fingerprint density at radius 1 is 1.50 bits per heavy atom. The molecule has 1 aliphatic heterocycles. The fourth-order valence-electron chi connectivity index (χ4n) is 2.01. The van der Waals surface area contributed by atoms with E-state index in [1.54, 1.807) is 0 Å². The summed E-state index contributed by atoms with van der Waals surface area (Å²) >= 11 is 0. The van der Waals surface area contributed by atoms with Gasteiger partial charge in [-0.2, -0.15) is 0 Å². The molecule has 0 aliphatic carbocycles. The van der Waals surface area contributed by atoms with Crippen molar-refractivity contribution in [2.45, 2.75) is 33.6 Å². The van der Waals surface area contributed by atoms with Crippen LogP contribution in [0.15, 0.2) is 12.7 Å². The van der Waals surface area contributed by atoms with Gasteiger partial charge in [-0.25, -0.2) is 0 Å². The molecular formula is C12H21NO. The molecule has 1 heterocycles. The van der Waals surface area contributed by atoms with Gasteiger partial charge < -0.3 is 4.90 Å². The van der Waals surface area contributed by atoms with Crippen LogP contribution >= 0.6 is 0 Å². The van der Waals surface area contributed by atoms with Crippen LogP contribution in [0.3, 0.4) is 0 Å². The van der Waals surface area contributed by atoms with Crippen LogP contribution in [-0.2, 0) is 4.79 Å². The summed E-state index contributed by atoms with van der Waals surface area (Å²) in [5, 5.41) is 0. The lowest BCUT2D eigenvalue weighted by atomic mass is 9.76. The molecule has 1 aliphatic rings. The van der Waals surface area contributed by atoms with Crippen molar-refractivity contribution in [3.05, 3.63) is 12.7 Å². The summed E-state index contributed by atoms with van der Waals surface area (Å²) in [6.45, 7) is 12.1. The first kappa shape index (κ1) is 11.3. The maximum absolute atomic E-state index is 11.4. The SMILES string of the molecule is C=CC(=O)N1CCCC(C(C)(C)C)C1. The highest BCUT2D eigenvalue weighted by Crippen LogP contribution is 2.33. The third kappa shape index (κ3) is 2.60. The highest BCUT2D eigenvalue weighted by atomic mass is 16.2. The van der Waals surface area contributed by atoms with Gasteiger partial charge in [0.2, 0.25) is 5.91 Å². The largest absolute Gasteiger partial charge is 0.339 e. The average molecular weight is 195 g/mol. The molecule has 0 aromatic rings. The van der Waals surface area contributed by atoms with Crippen molar-refractivity contribution in [3.8, 4) is 0 Å². The molecule has 0 N–H and O–H groups in total. The molecule has 2 heteroatoms. The summed E-state index contributed by atoms with van der Waals surface area (Å²) in [7, 11) is 0. The molecule has 1 atom stereocenters. The number of piperidine rings is 1. The fraction of sp³-hybridized carbons (Fsp3) is 0.750. The van der Waals surface area contributed by atoms with Gasteiger partial charge in [0, 0.05) is 13.1 Å². The van der Waals surface area contributed by atoms with Crippen molar-refractivity contribution < 1.29 is 4.79 Å². The maximum Gasteiger partial charge on any atom is 0.245 e. The number of hydrogen-bond donors (Lipinski definition) is 0. The lowest BCUT2D eigenvalue weighted by molar-refractivity contribution is -0.128. The topological polar surface area (TPSA) is 20.3 Å². The molecule has 80 valence electrons. The zero-order valence-corrected chi connectivity index (χ0v) is 9.55. The van der Waals surface area contributed by atoms with Crippen LogP contribution in [0.25, 0.3) is 0 Å². The predicted octanol–water partition coefficient (Wildman–Crippen LogP) is 2.46. The molecule has 14 heavy (non-hydrogen) atoms. The summed E-state index contributed by atoms with van der Waals surface area (Å²) in [5.41, 5.74) is 0.306. The second-order valence-corrected chi connectivity index (χ2v) is 5.19. The number of carbonyl (C=O) groups is 1. The minimum atomic E-state index is 0.0824. The summed E-state index contributed by atoms with van der Waals surface area (Å²) in [6, 6.07) is 0. The second-order valence-electron chi connectivity index (χ2n) is 5.19. The van der Waals surface area contributed by atoms with Crippen LogP contribution in [0.5, 0.6) is 0 Å². The number of hydrogen-bond acceptors (Lipinski definition) is 1. The molecule has 2 nitrogen and oxygen atoms in total. The molecule has 1 fully saturated rings. The molecule has 0 bridgehead atoms. The first-order chi connectivity index (χ1) is 6.45. The van der Waals surface area contributed by atoms with Gasteiger partial charge in [-0.1, -0.05) is 27.4 Å². The third-order valence-electron chi connectivity index (χ3n) is 3.13. The van der Waals surface area contributed by atoms with Crippen LogP contribution < -0.4 is 0 Å². The van der Waals surface area contributed by atoms with Crippen LogP contribution in [0.4, 0.5) is 0 Å². The zero-order chi connectivity index (χ0) is 10.8. The van der Waals surface area contributed by atoms with E-state index >= 15 is 0 Å². The Balaban J connectivity index is 2.60. The molecule has 0 aromatic heterocycles. The Morgan fingerprint density at radius 3 is 2.64 bits per heavy atom. The van der Waals surface area contributed by atoms with Crippen molar-refractivity contribution in [3.63, 3.8) is 0 Å². The molecule has 0 radical (unpaired) electrons. The van der Waals surface area contributed by atoms with Gasteiger partial charge in [0.25, 0.3) is 0 Å². The minimum absolute atomic E-state index is 0.0824. The van der Waals surface area contributed by atoms with Gasteiger partial charge in [-0.05, 0) is 30.3 Å². The lowest BCUT2D eigenvalue weighted by Crippen LogP contribution is -2.43. The number of likely N-dealkylation sites (tertiary alicyclic amines) is 1. The quantitative estimate of drug-likeness (QED) is 0.589. The highest BCUT2D eigenvalue weighted by molar-refractivity contribution is 5.87. The fourth-order valence-corrected chi connectivity index (χ4v) is 2.01. The summed E-state index contributed by atoms with van der Waals surface area (Å²) < 4.78 is 0. The molecule has 0 saturated carbocycles. The van der Waals surface area contributed by atoms with Gasteiger partial charge in [0.05, 0.1) is 0 Å². The van der Waals surface area contributed by atoms with Gasteiger partial charge in [0.15, 0.2) is 0 Å². The Kier molecular flexibility index (Phi) is 3.35. The van der Waals surface area contributed by atoms with Crippen LogP contribution in [0.1, 0.15) is 33.6 Å². The Labute approximate surface area is 87.0 Å². The molecule has 1 saturated heterocycles. The average Bonchev–Trinajstić information content (AvgIpc) is 2.15. The van der Waals surface area contributed by atoms with E-state index in [4.69, 9.17) is 0 Å². The second kappa shape index (κ2) is 4.16. The van der Waals surface area contributed by atoms with Crippen molar-refractivity contribution in [2.24, 2.45) is 11.3 Å². The molecule has 0 spiro atoms. The van der Waals surface area contributed by atoms with E-state index in [9.17, 15) is 4.79 Å². The monoisotopic (exact) mass is 195 g/mol. The Morgan fingerprint density at radius 2 is 2.14 bits per heavy atom. The number of rotatable bonds is 1. The molecular weight excluding hydrogens is 174 g/mol. The molecule has 1 rings (SSSR count). The van der Waals surface area contributed by atoms with Crippen molar-refractivity contribution in [2.75, 3.05) is 13.1 Å². The molecule has 0 aromatic carbocycles. The first-order valence-electron chi connectivity index (χ1n) is 5.36. The molecule has 1 amide bonds. The minimum Gasteiger partial charge on any atom is -0.339 e. The third-order valence-corrected chi connectivity index (χ3v) is 3.13. The Bertz CT molecular complexity index is 227. The zero-order valence-electron chi connectivity index (χ0n) is 9.55. The standard InChI is InChI=1S/C12H21NO/c1-5-11(14)13-8-6-7-10(9-13)12(2,3)4/h5,10H,1,6-9H2,2-4H3. The van der Waals surface area contributed by atoms with Crippen LogP contribution in [0, 0.1) is 11.3 Å². The van der Waals surface area contributed by atoms with Crippen LogP contribution in [0.2, 0.25) is 0 Å². The normalized spacial score (nSPS) is 23.4. The van der Waals surface area contributed by atoms with Crippen molar-refractivity contribution in [1.29, 1.82) is 0 Å². The summed E-state index contributed by atoms with van der Waals surface area (Å²) in [4.78, 5) is 13.4. The summed E-state index contributed by atoms with van der Waals surface area (Å²) in [6.07, 6.45) is 3.79. The van der Waals surface area contributed by atoms with E-state index in [2.05, 4.69) is 27.4 Å². The van der Waals surface area contributed by atoms with E-state index < -0.39 is 0 Å². The summed E-state index contributed by atoms with van der Waals surface area (Å²) in [5.74, 6) is 0.708. The van der Waals surface area contributed by atoms with E-state index in [0.717, 1.165) is 19.5 Å².